The van der Waals surface area contributed by atoms with Gasteiger partial charge in [0.25, 0.3) is 0 Å². The molecule has 0 N–H and O–H groups in total. The number of rotatable bonds is 3. The molecule has 0 aromatic heterocycles. The molecule has 0 radical (unpaired) electrons. The van der Waals surface area contributed by atoms with Gasteiger partial charge in [-0.25, -0.2) is 0 Å². The summed E-state index contributed by atoms with van der Waals surface area (Å²) in [6.07, 6.45) is 3.62. The Morgan fingerprint density at radius 1 is 1.50 bits per heavy atom. The number of benzene rings is 1. The lowest BCUT2D eigenvalue weighted by atomic mass is 9.65. The van der Waals surface area contributed by atoms with Gasteiger partial charge in [-0.2, -0.15) is 5.26 Å². The molecule has 2 rings (SSSR count). The van der Waals surface area contributed by atoms with E-state index in [9.17, 15) is 10.1 Å². The zero-order chi connectivity index (χ0) is 11.6. The van der Waals surface area contributed by atoms with E-state index in [1.54, 1.807) is 12.1 Å². The lowest BCUT2D eigenvalue weighted by molar-refractivity contribution is 0.112. The third kappa shape index (κ3) is 1.47. The van der Waals surface area contributed by atoms with Crippen molar-refractivity contribution in [2.45, 2.75) is 24.7 Å². The van der Waals surface area contributed by atoms with Crippen LogP contribution in [-0.2, 0) is 5.41 Å². The maximum atomic E-state index is 10.9. The van der Waals surface area contributed by atoms with E-state index in [4.69, 9.17) is 4.74 Å². The van der Waals surface area contributed by atoms with Crippen molar-refractivity contribution in [2.75, 3.05) is 7.11 Å². The Labute approximate surface area is 94.6 Å². The minimum atomic E-state index is -0.371. The van der Waals surface area contributed by atoms with Gasteiger partial charge < -0.3 is 4.74 Å². The SMILES string of the molecule is COc1ccc(C2(C#N)CCC2)cc1C=O. The Morgan fingerprint density at radius 2 is 2.25 bits per heavy atom. The summed E-state index contributed by atoms with van der Waals surface area (Å²) in [4.78, 5) is 10.9. The van der Waals surface area contributed by atoms with Gasteiger partial charge in [-0.1, -0.05) is 6.07 Å². The fourth-order valence-corrected chi connectivity index (χ4v) is 2.12. The van der Waals surface area contributed by atoms with E-state index < -0.39 is 0 Å². The quantitative estimate of drug-likeness (QED) is 0.728. The van der Waals surface area contributed by atoms with Gasteiger partial charge in [-0.3, -0.25) is 4.79 Å². The summed E-state index contributed by atoms with van der Waals surface area (Å²) in [5.74, 6) is 0.561. The second kappa shape index (κ2) is 3.97. The number of aldehydes is 1. The molecule has 1 aromatic carbocycles. The molecule has 16 heavy (non-hydrogen) atoms. The average Bonchev–Trinajstić information content (AvgIpc) is 2.28. The number of ether oxygens (including phenoxy) is 1. The fraction of sp³-hybridized carbons (Fsp3) is 0.385. The first-order valence-electron chi connectivity index (χ1n) is 5.31. The first kappa shape index (κ1) is 10.7. The highest BCUT2D eigenvalue weighted by Gasteiger charge is 2.39. The molecule has 1 aliphatic carbocycles. The minimum absolute atomic E-state index is 0.371. The first-order valence-corrected chi connectivity index (χ1v) is 5.31. The van der Waals surface area contributed by atoms with E-state index in [1.165, 1.54) is 7.11 Å². The van der Waals surface area contributed by atoms with Crippen LogP contribution in [0.2, 0.25) is 0 Å². The van der Waals surface area contributed by atoms with Crippen LogP contribution in [-0.4, -0.2) is 13.4 Å². The topological polar surface area (TPSA) is 50.1 Å². The third-order valence-electron chi connectivity index (χ3n) is 3.33. The molecule has 0 amide bonds. The minimum Gasteiger partial charge on any atom is -0.496 e. The van der Waals surface area contributed by atoms with Crippen LogP contribution in [0.15, 0.2) is 18.2 Å². The normalized spacial score (nSPS) is 17.0. The van der Waals surface area contributed by atoms with E-state index in [1.807, 2.05) is 6.07 Å². The van der Waals surface area contributed by atoms with Crippen LogP contribution < -0.4 is 4.74 Å². The highest BCUT2D eigenvalue weighted by atomic mass is 16.5. The molecule has 0 unspecified atom stereocenters. The van der Waals surface area contributed by atoms with Crippen molar-refractivity contribution in [3.8, 4) is 11.8 Å². The summed E-state index contributed by atoms with van der Waals surface area (Å²) < 4.78 is 5.08. The summed E-state index contributed by atoms with van der Waals surface area (Å²) in [5.41, 5.74) is 1.08. The van der Waals surface area contributed by atoms with Gasteiger partial charge in [-0.15, -0.1) is 0 Å². The summed E-state index contributed by atoms with van der Waals surface area (Å²) in [6, 6.07) is 7.78. The number of nitriles is 1. The van der Waals surface area contributed by atoms with Crippen LogP contribution in [0.4, 0.5) is 0 Å². The zero-order valence-corrected chi connectivity index (χ0v) is 9.19. The number of hydrogen-bond acceptors (Lipinski definition) is 3. The van der Waals surface area contributed by atoms with Gasteiger partial charge in [0.2, 0.25) is 0 Å². The standard InChI is InChI=1S/C13H13NO2/c1-16-12-4-3-11(7-10(12)8-15)13(9-14)5-2-6-13/h3-4,7-8H,2,5-6H2,1H3. The monoisotopic (exact) mass is 215 g/mol. The summed E-state index contributed by atoms with van der Waals surface area (Å²) in [5, 5.41) is 9.21. The van der Waals surface area contributed by atoms with E-state index in [0.29, 0.717) is 11.3 Å². The van der Waals surface area contributed by atoms with Gasteiger partial charge in [0.1, 0.15) is 5.75 Å². The van der Waals surface area contributed by atoms with E-state index in [-0.39, 0.29) is 5.41 Å². The van der Waals surface area contributed by atoms with Gasteiger partial charge in [0.15, 0.2) is 6.29 Å². The van der Waals surface area contributed by atoms with Gasteiger partial charge >= 0.3 is 0 Å². The molecule has 82 valence electrons. The smallest absolute Gasteiger partial charge is 0.153 e. The first-order chi connectivity index (χ1) is 7.75. The third-order valence-corrected chi connectivity index (χ3v) is 3.33. The molecule has 3 nitrogen and oxygen atoms in total. The molecule has 1 aromatic rings. The van der Waals surface area contributed by atoms with Crippen molar-refractivity contribution in [1.29, 1.82) is 5.26 Å². The van der Waals surface area contributed by atoms with Crippen molar-refractivity contribution in [3.63, 3.8) is 0 Å². The van der Waals surface area contributed by atoms with Crippen LogP contribution in [0, 0.1) is 11.3 Å². The van der Waals surface area contributed by atoms with Crippen molar-refractivity contribution in [2.24, 2.45) is 0 Å². The molecule has 0 bridgehead atoms. The molecule has 0 heterocycles. The van der Waals surface area contributed by atoms with Crippen LogP contribution in [0.1, 0.15) is 35.2 Å². The maximum Gasteiger partial charge on any atom is 0.153 e. The lowest BCUT2D eigenvalue weighted by Crippen LogP contribution is -2.32. The van der Waals surface area contributed by atoms with Crippen LogP contribution in [0.3, 0.4) is 0 Å². The number of methoxy groups -OCH3 is 1. The molecule has 0 saturated heterocycles. The van der Waals surface area contributed by atoms with Crippen molar-refractivity contribution in [3.05, 3.63) is 29.3 Å². The van der Waals surface area contributed by atoms with Crippen molar-refractivity contribution in [1.82, 2.24) is 0 Å². The molecule has 3 heteroatoms. The Morgan fingerprint density at radius 3 is 2.69 bits per heavy atom. The summed E-state index contributed by atoms with van der Waals surface area (Å²) in [7, 11) is 1.53. The number of nitrogens with zero attached hydrogens (tertiary/aromatic N) is 1. The molecule has 0 aliphatic heterocycles. The Hall–Kier alpha value is -1.82. The van der Waals surface area contributed by atoms with E-state index in [2.05, 4.69) is 6.07 Å². The van der Waals surface area contributed by atoms with Crippen molar-refractivity contribution < 1.29 is 9.53 Å². The highest BCUT2D eigenvalue weighted by Crippen LogP contribution is 2.43. The lowest BCUT2D eigenvalue weighted by Gasteiger charge is -2.35. The Bertz CT molecular complexity index is 455. The molecular weight excluding hydrogens is 202 g/mol. The van der Waals surface area contributed by atoms with E-state index >= 15 is 0 Å². The van der Waals surface area contributed by atoms with E-state index in [0.717, 1.165) is 31.1 Å². The molecule has 1 aliphatic rings. The summed E-state index contributed by atoms with van der Waals surface area (Å²) >= 11 is 0. The van der Waals surface area contributed by atoms with Crippen LogP contribution >= 0.6 is 0 Å². The largest absolute Gasteiger partial charge is 0.496 e. The number of carbonyl (C=O) groups excluding carboxylic acids is 1. The Balaban J connectivity index is 2.44. The fourth-order valence-electron chi connectivity index (χ4n) is 2.12. The second-order valence-corrected chi connectivity index (χ2v) is 4.12. The molecule has 1 saturated carbocycles. The predicted molar refractivity (Wildman–Crippen MR) is 59.5 cm³/mol. The summed E-state index contributed by atoms with van der Waals surface area (Å²) in [6.45, 7) is 0. The van der Waals surface area contributed by atoms with Gasteiger partial charge in [-0.05, 0) is 37.0 Å². The maximum absolute atomic E-state index is 10.9. The van der Waals surface area contributed by atoms with Gasteiger partial charge in [0.05, 0.1) is 24.2 Å². The average molecular weight is 215 g/mol. The molecule has 0 atom stereocenters. The molecule has 1 fully saturated rings. The van der Waals surface area contributed by atoms with Crippen LogP contribution in [0.5, 0.6) is 5.75 Å². The number of hydrogen-bond donors (Lipinski definition) is 0. The predicted octanol–water partition coefficient (Wildman–Crippen LogP) is 2.45. The number of carbonyl (C=O) groups is 1. The highest BCUT2D eigenvalue weighted by molar-refractivity contribution is 5.80. The molecular formula is C13H13NO2. The molecule has 0 spiro atoms. The van der Waals surface area contributed by atoms with Gasteiger partial charge in [0, 0.05) is 0 Å². The van der Waals surface area contributed by atoms with Crippen molar-refractivity contribution >= 4 is 6.29 Å². The van der Waals surface area contributed by atoms with Crippen LogP contribution in [0.25, 0.3) is 0 Å². The zero-order valence-electron chi connectivity index (χ0n) is 9.19. The second-order valence-electron chi connectivity index (χ2n) is 4.12. The Kier molecular flexibility index (Phi) is 2.66.